The molecule has 0 aliphatic heterocycles. The first-order valence-corrected chi connectivity index (χ1v) is 3.74. The third kappa shape index (κ3) is 1.53. The van der Waals surface area contributed by atoms with Gasteiger partial charge in [-0.05, 0) is 15.9 Å². The fraction of sp³-hybridized carbons (Fsp3) is 0.167. The molecule has 6 heteroatoms. The molecule has 0 amide bonds. The summed E-state index contributed by atoms with van der Waals surface area (Å²) in [4.78, 5) is 17.8. The van der Waals surface area contributed by atoms with Crippen LogP contribution in [0.15, 0.2) is 10.8 Å². The van der Waals surface area contributed by atoms with E-state index >= 15 is 0 Å². The molecule has 0 spiro atoms. The first-order valence-electron chi connectivity index (χ1n) is 2.94. The van der Waals surface area contributed by atoms with Crippen LogP contribution in [0.2, 0.25) is 0 Å². The van der Waals surface area contributed by atoms with Crippen molar-refractivity contribution in [1.82, 2.24) is 9.97 Å². The van der Waals surface area contributed by atoms with E-state index in [0.717, 1.165) is 6.33 Å². The van der Waals surface area contributed by atoms with Gasteiger partial charge in [0.1, 0.15) is 10.8 Å². The van der Waals surface area contributed by atoms with Crippen LogP contribution in [0.4, 0.5) is 0 Å². The maximum absolute atomic E-state index is 10.5. The van der Waals surface area contributed by atoms with Crippen LogP contribution in [-0.2, 0) is 0 Å². The highest BCUT2D eigenvalue weighted by Gasteiger charge is 2.14. The molecule has 1 N–H and O–H groups in total. The zero-order valence-electron chi connectivity index (χ0n) is 6.11. The minimum absolute atomic E-state index is 0.109. The Kier molecular flexibility index (Phi) is 2.59. The van der Waals surface area contributed by atoms with Crippen molar-refractivity contribution in [3.63, 3.8) is 0 Å². The lowest BCUT2D eigenvalue weighted by atomic mass is 10.4. The van der Waals surface area contributed by atoms with Crippen molar-refractivity contribution in [2.45, 2.75) is 0 Å². The molecular weight excluding hydrogens is 228 g/mol. The molecule has 5 nitrogen and oxygen atoms in total. The van der Waals surface area contributed by atoms with E-state index in [9.17, 15) is 4.79 Å². The van der Waals surface area contributed by atoms with Gasteiger partial charge in [0.05, 0.1) is 7.11 Å². The van der Waals surface area contributed by atoms with Gasteiger partial charge in [-0.25, -0.2) is 14.8 Å². The number of methoxy groups -OCH3 is 1. The molecule has 1 aromatic heterocycles. The van der Waals surface area contributed by atoms with E-state index in [1.807, 2.05) is 0 Å². The van der Waals surface area contributed by atoms with Crippen molar-refractivity contribution >= 4 is 21.9 Å². The second-order valence-corrected chi connectivity index (χ2v) is 2.64. The molecule has 0 saturated heterocycles. The number of halogens is 1. The lowest BCUT2D eigenvalue weighted by Gasteiger charge is -2.01. The quantitative estimate of drug-likeness (QED) is 0.822. The number of carboxylic acids is 1. The van der Waals surface area contributed by atoms with Crippen molar-refractivity contribution in [1.29, 1.82) is 0 Å². The Hall–Kier alpha value is -1.17. The number of aromatic carboxylic acids is 1. The summed E-state index contributed by atoms with van der Waals surface area (Å²) >= 11 is 3.01. The highest BCUT2D eigenvalue weighted by molar-refractivity contribution is 9.10. The van der Waals surface area contributed by atoms with Crippen molar-refractivity contribution < 1.29 is 14.6 Å². The molecule has 0 atom stereocenters. The molecule has 0 unspecified atom stereocenters. The van der Waals surface area contributed by atoms with Gasteiger partial charge in [0.25, 0.3) is 0 Å². The van der Waals surface area contributed by atoms with Crippen molar-refractivity contribution in [2.75, 3.05) is 7.11 Å². The predicted octanol–water partition coefficient (Wildman–Crippen LogP) is 0.946. The van der Waals surface area contributed by atoms with Crippen LogP contribution in [-0.4, -0.2) is 28.2 Å². The monoisotopic (exact) mass is 232 g/mol. The predicted molar refractivity (Wildman–Crippen MR) is 43.2 cm³/mol. The van der Waals surface area contributed by atoms with Gasteiger partial charge in [-0.1, -0.05) is 0 Å². The molecule has 1 heterocycles. The second-order valence-electron chi connectivity index (χ2n) is 1.85. The van der Waals surface area contributed by atoms with Crippen molar-refractivity contribution in [2.24, 2.45) is 0 Å². The average molecular weight is 233 g/mol. The number of carboxylic acid groups (broad SMARTS) is 1. The largest absolute Gasteiger partial charge is 0.480 e. The molecule has 64 valence electrons. The van der Waals surface area contributed by atoms with Crippen LogP contribution >= 0.6 is 15.9 Å². The van der Waals surface area contributed by atoms with E-state index in [2.05, 4.69) is 25.9 Å². The number of ether oxygens (including phenoxy) is 1. The number of nitrogens with zero attached hydrogens (tertiary/aromatic N) is 2. The molecule has 0 radical (unpaired) electrons. The van der Waals surface area contributed by atoms with Gasteiger partial charge in [0.2, 0.25) is 5.88 Å². The Morgan fingerprint density at radius 3 is 2.83 bits per heavy atom. The zero-order chi connectivity index (χ0) is 9.14. The highest BCUT2D eigenvalue weighted by atomic mass is 79.9. The van der Waals surface area contributed by atoms with Gasteiger partial charge in [-0.15, -0.1) is 0 Å². The van der Waals surface area contributed by atoms with E-state index in [-0.39, 0.29) is 16.0 Å². The highest BCUT2D eigenvalue weighted by Crippen LogP contribution is 2.23. The normalized spacial score (nSPS) is 9.50. The first kappa shape index (κ1) is 8.92. The molecule has 0 fully saturated rings. The van der Waals surface area contributed by atoms with Crippen LogP contribution in [0, 0.1) is 0 Å². The number of aromatic nitrogens is 2. The molecular formula is C6H5BrN2O3. The molecule has 0 saturated carbocycles. The summed E-state index contributed by atoms with van der Waals surface area (Å²) in [5, 5.41) is 8.61. The maximum atomic E-state index is 10.5. The van der Waals surface area contributed by atoms with Crippen molar-refractivity contribution in [3.8, 4) is 5.88 Å². The molecule has 12 heavy (non-hydrogen) atoms. The fourth-order valence-electron chi connectivity index (χ4n) is 0.645. The Balaban J connectivity index is 3.23. The van der Waals surface area contributed by atoms with E-state index in [0.29, 0.717) is 0 Å². The summed E-state index contributed by atoms with van der Waals surface area (Å²) in [5.41, 5.74) is -0.109. The van der Waals surface area contributed by atoms with E-state index in [4.69, 9.17) is 9.84 Å². The summed E-state index contributed by atoms with van der Waals surface area (Å²) in [5.74, 6) is -0.912. The van der Waals surface area contributed by atoms with Crippen LogP contribution in [0.5, 0.6) is 5.88 Å². The maximum Gasteiger partial charge on any atom is 0.355 e. The minimum Gasteiger partial charge on any atom is -0.480 e. The smallest absolute Gasteiger partial charge is 0.355 e. The zero-order valence-corrected chi connectivity index (χ0v) is 7.70. The standard InChI is InChI=1S/C6H5BrN2O3/c1-12-5-3(7)4(6(10)11)8-2-9-5/h2H,1H3,(H,10,11). The minimum atomic E-state index is -1.12. The van der Waals surface area contributed by atoms with Crippen LogP contribution in [0.1, 0.15) is 10.5 Å². The molecule has 0 aromatic carbocycles. The lowest BCUT2D eigenvalue weighted by molar-refractivity contribution is 0.0688. The Morgan fingerprint density at radius 2 is 2.33 bits per heavy atom. The summed E-state index contributed by atoms with van der Waals surface area (Å²) in [7, 11) is 1.40. The Morgan fingerprint density at radius 1 is 1.67 bits per heavy atom. The van der Waals surface area contributed by atoms with Gasteiger partial charge in [0.15, 0.2) is 5.69 Å². The third-order valence-corrected chi connectivity index (χ3v) is 1.87. The van der Waals surface area contributed by atoms with Crippen molar-refractivity contribution in [3.05, 3.63) is 16.5 Å². The number of rotatable bonds is 2. The van der Waals surface area contributed by atoms with Crippen LogP contribution < -0.4 is 4.74 Å². The lowest BCUT2D eigenvalue weighted by Crippen LogP contribution is -2.03. The van der Waals surface area contributed by atoms with E-state index < -0.39 is 5.97 Å². The van der Waals surface area contributed by atoms with Gasteiger partial charge in [-0.3, -0.25) is 0 Å². The summed E-state index contributed by atoms with van der Waals surface area (Å²) in [6, 6.07) is 0. The topological polar surface area (TPSA) is 72.3 Å². The molecule has 0 aliphatic carbocycles. The summed E-state index contributed by atoms with van der Waals surface area (Å²) in [6.07, 6.45) is 1.13. The van der Waals surface area contributed by atoms with Crippen LogP contribution in [0.3, 0.4) is 0 Å². The van der Waals surface area contributed by atoms with Crippen LogP contribution in [0.25, 0.3) is 0 Å². The SMILES string of the molecule is COc1ncnc(C(=O)O)c1Br. The molecule has 1 aromatic rings. The van der Waals surface area contributed by atoms with Gasteiger partial charge in [0, 0.05) is 0 Å². The fourth-order valence-corrected chi connectivity index (χ4v) is 1.18. The van der Waals surface area contributed by atoms with E-state index in [1.54, 1.807) is 0 Å². The third-order valence-electron chi connectivity index (χ3n) is 1.15. The average Bonchev–Trinajstić information content (AvgIpc) is 2.04. The second kappa shape index (κ2) is 3.48. The Labute approximate surface area is 76.5 Å². The first-order chi connectivity index (χ1) is 5.66. The number of hydrogen-bond donors (Lipinski definition) is 1. The summed E-state index contributed by atoms with van der Waals surface area (Å²) < 4.78 is 5.02. The summed E-state index contributed by atoms with van der Waals surface area (Å²) in [6.45, 7) is 0. The molecule has 0 bridgehead atoms. The number of carbonyl (C=O) groups is 1. The van der Waals surface area contributed by atoms with Gasteiger partial charge in [-0.2, -0.15) is 0 Å². The molecule has 0 aliphatic rings. The van der Waals surface area contributed by atoms with Gasteiger partial charge >= 0.3 is 5.97 Å². The number of hydrogen-bond acceptors (Lipinski definition) is 4. The Bertz CT molecular complexity index is 316. The van der Waals surface area contributed by atoms with Gasteiger partial charge < -0.3 is 9.84 Å². The molecule has 1 rings (SSSR count). The van der Waals surface area contributed by atoms with E-state index in [1.165, 1.54) is 7.11 Å².